The number of ether oxygens (including phenoxy) is 1. The highest BCUT2D eigenvalue weighted by Gasteiger charge is 2.35. The summed E-state index contributed by atoms with van der Waals surface area (Å²) < 4.78 is 18.3. The van der Waals surface area contributed by atoms with E-state index in [1.165, 1.54) is 12.1 Å². The second kappa shape index (κ2) is 5.40. The standard InChI is InChI=1S/C15H21FN2O2/c1-15(2,3)20-14(19)18-8-12(13(17)9-18)10-4-6-11(16)7-5-10/h4-7,12-13H,8-9,17H2,1-3H3/t12?,13-/m0/s1. The first kappa shape index (κ1) is 14.8. The molecule has 0 saturated carbocycles. The van der Waals surface area contributed by atoms with E-state index in [0.717, 1.165) is 5.56 Å². The third kappa shape index (κ3) is 3.48. The van der Waals surface area contributed by atoms with E-state index >= 15 is 0 Å². The zero-order valence-electron chi connectivity index (χ0n) is 12.1. The minimum Gasteiger partial charge on any atom is -0.444 e. The van der Waals surface area contributed by atoms with E-state index in [1.54, 1.807) is 17.0 Å². The van der Waals surface area contributed by atoms with Crippen LogP contribution in [0.2, 0.25) is 0 Å². The summed E-state index contributed by atoms with van der Waals surface area (Å²) in [6.45, 7) is 6.45. The van der Waals surface area contributed by atoms with Gasteiger partial charge in [0.15, 0.2) is 0 Å². The highest BCUT2D eigenvalue weighted by atomic mass is 19.1. The lowest BCUT2D eigenvalue weighted by molar-refractivity contribution is 0.0290. The van der Waals surface area contributed by atoms with Gasteiger partial charge >= 0.3 is 6.09 Å². The van der Waals surface area contributed by atoms with Crippen LogP contribution >= 0.6 is 0 Å². The maximum Gasteiger partial charge on any atom is 0.410 e. The zero-order valence-corrected chi connectivity index (χ0v) is 12.1. The molecule has 1 saturated heterocycles. The molecule has 5 heteroatoms. The maximum atomic E-state index is 12.9. The van der Waals surface area contributed by atoms with Gasteiger partial charge in [0.05, 0.1) is 0 Å². The molecule has 1 aromatic rings. The van der Waals surface area contributed by atoms with E-state index in [-0.39, 0.29) is 23.9 Å². The van der Waals surface area contributed by atoms with Crippen LogP contribution < -0.4 is 5.73 Å². The molecule has 0 radical (unpaired) electrons. The van der Waals surface area contributed by atoms with Gasteiger partial charge in [-0.2, -0.15) is 0 Å². The summed E-state index contributed by atoms with van der Waals surface area (Å²) in [4.78, 5) is 13.6. The average molecular weight is 280 g/mol. The summed E-state index contributed by atoms with van der Waals surface area (Å²) in [5.74, 6) is -0.257. The van der Waals surface area contributed by atoms with Crippen molar-refractivity contribution >= 4 is 6.09 Å². The number of benzene rings is 1. The van der Waals surface area contributed by atoms with Gasteiger partial charge in [-0.05, 0) is 38.5 Å². The molecule has 2 atom stereocenters. The molecule has 1 aromatic carbocycles. The minimum absolute atomic E-state index is 0.0168. The Morgan fingerprint density at radius 1 is 1.30 bits per heavy atom. The fourth-order valence-corrected chi connectivity index (χ4v) is 2.37. The van der Waals surface area contributed by atoms with Crippen molar-refractivity contribution in [3.8, 4) is 0 Å². The van der Waals surface area contributed by atoms with Crippen LogP contribution in [0.25, 0.3) is 0 Å². The van der Waals surface area contributed by atoms with Crippen molar-refractivity contribution < 1.29 is 13.9 Å². The van der Waals surface area contributed by atoms with Gasteiger partial charge in [0.1, 0.15) is 11.4 Å². The summed E-state index contributed by atoms with van der Waals surface area (Å²) in [5, 5.41) is 0. The number of hydrogen-bond acceptors (Lipinski definition) is 3. The van der Waals surface area contributed by atoms with Crippen LogP contribution in [0.15, 0.2) is 24.3 Å². The molecule has 0 aliphatic carbocycles. The van der Waals surface area contributed by atoms with E-state index in [0.29, 0.717) is 13.1 Å². The van der Waals surface area contributed by atoms with Crippen LogP contribution in [0, 0.1) is 5.82 Å². The molecular weight excluding hydrogens is 259 g/mol. The molecule has 0 aromatic heterocycles. The fraction of sp³-hybridized carbons (Fsp3) is 0.533. The maximum absolute atomic E-state index is 12.9. The van der Waals surface area contributed by atoms with Gasteiger partial charge in [0.2, 0.25) is 0 Å². The number of nitrogens with two attached hydrogens (primary N) is 1. The Balaban J connectivity index is 2.05. The van der Waals surface area contributed by atoms with Crippen molar-refractivity contribution in [2.24, 2.45) is 5.73 Å². The van der Waals surface area contributed by atoms with Crippen molar-refractivity contribution in [3.05, 3.63) is 35.6 Å². The summed E-state index contributed by atoms with van der Waals surface area (Å²) in [6.07, 6.45) is -0.349. The van der Waals surface area contributed by atoms with E-state index in [4.69, 9.17) is 10.5 Å². The van der Waals surface area contributed by atoms with Crippen molar-refractivity contribution in [1.29, 1.82) is 0 Å². The van der Waals surface area contributed by atoms with Gasteiger partial charge in [-0.3, -0.25) is 0 Å². The molecule has 0 spiro atoms. The van der Waals surface area contributed by atoms with Crippen LogP contribution in [0.4, 0.5) is 9.18 Å². The van der Waals surface area contributed by atoms with Crippen molar-refractivity contribution in [1.82, 2.24) is 4.90 Å². The van der Waals surface area contributed by atoms with Crippen LogP contribution in [-0.2, 0) is 4.74 Å². The Bertz CT molecular complexity index is 482. The van der Waals surface area contributed by atoms with Crippen LogP contribution in [0.1, 0.15) is 32.3 Å². The second-order valence-corrected chi connectivity index (χ2v) is 6.21. The Labute approximate surface area is 118 Å². The molecule has 1 aliphatic heterocycles. The first-order valence-corrected chi connectivity index (χ1v) is 6.75. The topological polar surface area (TPSA) is 55.6 Å². The van der Waals surface area contributed by atoms with E-state index < -0.39 is 5.60 Å². The molecular formula is C15H21FN2O2. The van der Waals surface area contributed by atoms with Gasteiger partial charge in [0, 0.05) is 25.0 Å². The molecule has 20 heavy (non-hydrogen) atoms. The number of amides is 1. The predicted molar refractivity (Wildman–Crippen MR) is 74.9 cm³/mol. The highest BCUT2D eigenvalue weighted by molar-refractivity contribution is 5.69. The Kier molecular flexibility index (Phi) is 3.99. The first-order valence-electron chi connectivity index (χ1n) is 6.75. The Hall–Kier alpha value is -1.62. The molecule has 1 aliphatic rings. The Morgan fingerprint density at radius 3 is 2.45 bits per heavy atom. The number of carbonyl (C=O) groups is 1. The van der Waals surface area contributed by atoms with E-state index in [2.05, 4.69) is 0 Å². The van der Waals surface area contributed by atoms with E-state index in [9.17, 15) is 9.18 Å². The zero-order chi connectivity index (χ0) is 14.9. The van der Waals surface area contributed by atoms with Gasteiger partial charge in [-0.15, -0.1) is 0 Å². The average Bonchev–Trinajstić information content (AvgIpc) is 2.70. The van der Waals surface area contributed by atoms with Gasteiger partial charge in [-0.25, -0.2) is 9.18 Å². The third-order valence-electron chi connectivity index (χ3n) is 3.31. The summed E-state index contributed by atoms with van der Waals surface area (Å²) >= 11 is 0. The van der Waals surface area contributed by atoms with E-state index in [1.807, 2.05) is 20.8 Å². The van der Waals surface area contributed by atoms with Crippen LogP contribution in [0.5, 0.6) is 0 Å². The number of carbonyl (C=O) groups excluding carboxylic acids is 1. The summed E-state index contributed by atoms with van der Waals surface area (Å²) in [5.41, 5.74) is 6.53. The molecule has 1 unspecified atom stereocenters. The predicted octanol–water partition coefficient (Wildman–Crippen LogP) is 2.49. The van der Waals surface area contributed by atoms with Gasteiger partial charge in [0.25, 0.3) is 0 Å². The molecule has 0 bridgehead atoms. The van der Waals surface area contributed by atoms with Crippen molar-refractivity contribution in [2.45, 2.75) is 38.3 Å². The largest absolute Gasteiger partial charge is 0.444 e. The normalized spacial score (nSPS) is 22.9. The molecule has 2 rings (SSSR count). The highest BCUT2D eigenvalue weighted by Crippen LogP contribution is 2.27. The number of halogens is 1. The number of nitrogens with zero attached hydrogens (tertiary/aromatic N) is 1. The Morgan fingerprint density at radius 2 is 1.90 bits per heavy atom. The molecule has 1 heterocycles. The molecule has 4 nitrogen and oxygen atoms in total. The number of likely N-dealkylation sites (tertiary alicyclic amines) is 1. The summed E-state index contributed by atoms with van der Waals surface area (Å²) in [6, 6.07) is 6.11. The van der Waals surface area contributed by atoms with Gasteiger partial charge in [-0.1, -0.05) is 12.1 Å². The minimum atomic E-state index is -0.519. The van der Waals surface area contributed by atoms with Crippen LogP contribution in [0.3, 0.4) is 0 Å². The van der Waals surface area contributed by atoms with Crippen LogP contribution in [-0.4, -0.2) is 35.7 Å². The molecule has 1 amide bonds. The smallest absolute Gasteiger partial charge is 0.410 e. The molecule has 2 N–H and O–H groups in total. The van der Waals surface area contributed by atoms with Gasteiger partial charge < -0.3 is 15.4 Å². The fourth-order valence-electron chi connectivity index (χ4n) is 2.37. The second-order valence-electron chi connectivity index (χ2n) is 6.21. The van der Waals surface area contributed by atoms with Crippen molar-refractivity contribution in [2.75, 3.05) is 13.1 Å². The lowest BCUT2D eigenvalue weighted by Crippen LogP contribution is -2.36. The third-order valence-corrected chi connectivity index (χ3v) is 3.31. The summed E-state index contributed by atoms with van der Waals surface area (Å²) in [7, 11) is 0. The quantitative estimate of drug-likeness (QED) is 0.860. The SMILES string of the molecule is CC(C)(C)OC(=O)N1CC(c2ccc(F)cc2)[C@@H](N)C1. The number of rotatable bonds is 1. The molecule has 110 valence electrons. The first-order chi connectivity index (χ1) is 9.26. The lowest BCUT2D eigenvalue weighted by atomic mass is 9.95. The molecule has 1 fully saturated rings. The monoisotopic (exact) mass is 280 g/mol. The lowest BCUT2D eigenvalue weighted by Gasteiger charge is -2.24. The number of hydrogen-bond donors (Lipinski definition) is 1. The van der Waals surface area contributed by atoms with Crippen molar-refractivity contribution in [3.63, 3.8) is 0 Å².